The molecule has 0 saturated carbocycles. The Morgan fingerprint density at radius 3 is 2.45 bits per heavy atom. The predicted molar refractivity (Wildman–Crippen MR) is 112 cm³/mol. The summed E-state index contributed by atoms with van der Waals surface area (Å²) >= 11 is 1.11. The van der Waals surface area contributed by atoms with Gasteiger partial charge in [-0.1, -0.05) is 53.8 Å². The molecule has 1 atom stereocenters. The van der Waals surface area contributed by atoms with Crippen molar-refractivity contribution in [2.24, 2.45) is 0 Å². The van der Waals surface area contributed by atoms with Crippen molar-refractivity contribution in [3.05, 3.63) is 111 Å². The Bertz CT molecular complexity index is 1250. The lowest BCUT2D eigenvalue weighted by Gasteiger charge is -2.18. The van der Waals surface area contributed by atoms with Crippen LogP contribution in [0.2, 0.25) is 0 Å². The molecule has 0 aliphatic rings. The number of nitrogens with zero attached hydrogens (tertiary/aromatic N) is 1. The van der Waals surface area contributed by atoms with Crippen molar-refractivity contribution >= 4 is 27.2 Å². The molecule has 5 nitrogen and oxygen atoms in total. The van der Waals surface area contributed by atoms with Gasteiger partial charge in [0.25, 0.3) is 5.69 Å². The Kier molecular flexibility index (Phi) is 5.10. The van der Waals surface area contributed by atoms with Crippen molar-refractivity contribution in [3.8, 4) is 5.06 Å². The van der Waals surface area contributed by atoms with Crippen molar-refractivity contribution in [2.45, 2.75) is 12.3 Å². The number of carbonyl (C=O) groups excluding carboxylic acids is 1. The van der Waals surface area contributed by atoms with Gasteiger partial charge in [0.1, 0.15) is 0 Å². The number of benzene rings is 2. The Morgan fingerprint density at radius 2 is 1.69 bits per heavy atom. The lowest BCUT2D eigenvalue weighted by molar-refractivity contribution is -0.607. The minimum absolute atomic E-state index is 0.00447. The molecule has 0 radical (unpaired) electrons. The third-order valence-electron chi connectivity index (χ3n) is 4.86. The number of carbonyl (C=O) groups is 1. The van der Waals surface area contributed by atoms with Crippen LogP contribution in [-0.2, 0) is 0 Å². The molecule has 0 amide bonds. The van der Waals surface area contributed by atoms with Gasteiger partial charge < -0.3 is 10.3 Å². The molecule has 0 spiro atoms. The van der Waals surface area contributed by atoms with Crippen LogP contribution in [0.3, 0.4) is 0 Å². The Morgan fingerprint density at radius 1 is 1.00 bits per heavy atom. The summed E-state index contributed by atoms with van der Waals surface area (Å²) in [7, 11) is 0. The average molecular weight is 403 g/mol. The number of pyridine rings is 1. The quantitative estimate of drug-likeness (QED) is 0.310. The zero-order valence-corrected chi connectivity index (χ0v) is 16.1. The summed E-state index contributed by atoms with van der Waals surface area (Å²) in [5, 5.41) is 23.1. The maximum atomic E-state index is 13.2. The van der Waals surface area contributed by atoms with Crippen LogP contribution in [0, 0.1) is 5.21 Å². The molecule has 6 heteroatoms. The molecule has 0 saturated heterocycles. The van der Waals surface area contributed by atoms with Crippen LogP contribution >= 0.6 is 11.3 Å². The van der Waals surface area contributed by atoms with Crippen LogP contribution in [0.1, 0.15) is 34.0 Å². The van der Waals surface area contributed by atoms with Crippen LogP contribution in [0.4, 0.5) is 0 Å². The van der Waals surface area contributed by atoms with Gasteiger partial charge in [0.05, 0.1) is 5.56 Å². The highest BCUT2D eigenvalue weighted by Crippen LogP contribution is 2.37. The second-order valence-electron chi connectivity index (χ2n) is 6.65. The van der Waals surface area contributed by atoms with Gasteiger partial charge in [-0.25, -0.2) is 0 Å². The van der Waals surface area contributed by atoms with Crippen LogP contribution in [0.25, 0.3) is 10.1 Å². The molecular weight excluding hydrogens is 386 g/mol. The molecule has 0 aliphatic heterocycles. The number of aromatic hydroxyl groups is 1. The van der Waals surface area contributed by atoms with Gasteiger partial charge in [-0.05, 0) is 23.8 Å². The number of hydrogen-bond donors (Lipinski definition) is 1. The largest absolute Gasteiger partial charge is 0.618 e. The third-order valence-corrected chi connectivity index (χ3v) is 5.85. The van der Waals surface area contributed by atoms with Crippen molar-refractivity contribution in [1.29, 1.82) is 0 Å². The fraction of sp³-hybridized carbons (Fsp3) is 0.0870. The number of ketones is 1. The van der Waals surface area contributed by atoms with E-state index in [1.165, 1.54) is 12.3 Å². The zero-order valence-electron chi connectivity index (χ0n) is 15.3. The predicted octanol–water partition coefficient (Wildman–Crippen LogP) is 4.01. The third kappa shape index (κ3) is 3.62. The first kappa shape index (κ1) is 18.8. The summed E-state index contributed by atoms with van der Waals surface area (Å²) in [4.78, 5) is 26.1. The number of rotatable bonds is 5. The standard InChI is InChI=1S/C23H17NO4S/c25-19(18-11-6-7-13-24(18)28)14-17(15-8-2-1-3-9-15)21-22(26)16-10-4-5-12-20(16)29-23(21)27/h1-13,17,27H,14H2/t17-/m1/s1. The first-order valence-corrected chi connectivity index (χ1v) is 9.89. The molecule has 2 heterocycles. The molecular formula is C23H17NO4S. The maximum absolute atomic E-state index is 13.2. The van der Waals surface area contributed by atoms with Crippen molar-refractivity contribution in [2.75, 3.05) is 0 Å². The molecule has 144 valence electrons. The number of hydrogen-bond acceptors (Lipinski definition) is 5. The number of Topliss-reactive ketones (excluding diaryl/α,β-unsaturated/α-hetero) is 1. The first-order chi connectivity index (χ1) is 14.1. The van der Waals surface area contributed by atoms with Gasteiger partial charge >= 0.3 is 0 Å². The molecule has 2 aromatic heterocycles. The van der Waals surface area contributed by atoms with Gasteiger partial charge in [-0.15, -0.1) is 0 Å². The van der Waals surface area contributed by atoms with E-state index in [0.29, 0.717) is 14.8 Å². The van der Waals surface area contributed by atoms with Gasteiger partial charge in [-0.2, -0.15) is 4.73 Å². The summed E-state index contributed by atoms with van der Waals surface area (Å²) in [6.45, 7) is 0. The van der Waals surface area contributed by atoms with Crippen molar-refractivity contribution < 1.29 is 14.6 Å². The fourth-order valence-electron chi connectivity index (χ4n) is 3.46. The van der Waals surface area contributed by atoms with E-state index in [9.17, 15) is 19.9 Å². The van der Waals surface area contributed by atoms with E-state index in [4.69, 9.17) is 0 Å². The molecule has 1 N–H and O–H groups in total. The monoisotopic (exact) mass is 403 g/mol. The van der Waals surface area contributed by atoms with E-state index >= 15 is 0 Å². The minimum atomic E-state index is -0.669. The highest BCUT2D eigenvalue weighted by Gasteiger charge is 2.28. The Hall–Kier alpha value is -3.51. The highest BCUT2D eigenvalue weighted by atomic mass is 32.1. The molecule has 4 rings (SSSR count). The van der Waals surface area contributed by atoms with Gasteiger partial charge in [-0.3, -0.25) is 9.59 Å². The van der Waals surface area contributed by atoms with E-state index in [1.807, 2.05) is 30.3 Å². The Labute approximate surface area is 170 Å². The average Bonchev–Trinajstić information content (AvgIpc) is 2.74. The van der Waals surface area contributed by atoms with Crippen LogP contribution < -0.4 is 10.2 Å². The lowest BCUT2D eigenvalue weighted by atomic mass is 9.87. The summed E-state index contributed by atoms with van der Waals surface area (Å²) in [5.74, 6) is -1.07. The molecule has 0 unspecified atom stereocenters. The fourth-order valence-corrected chi connectivity index (χ4v) is 4.43. The Balaban J connectivity index is 1.87. The smallest absolute Gasteiger partial charge is 0.259 e. The minimum Gasteiger partial charge on any atom is -0.618 e. The summed E-state index contributed by atoms with van der Waals surface area (Å²) in [5.41, 5.74) is 0.608. The maximum Gasteiger partial charge on any atom is 0.259 e. The SMILES string of the molecule is O=C(C[C@H](c1ccccc1)c1c(O)sc2ccccc2c1=O)c1cccc[n+]1[O-]. The molecule has 29 heavy (non-hydrogen) atoms. The van der Waals surface area contributed by atoms with Crippen LogP contribution in [0.5, 0.6) is 5.06 Å². The molecule has 0 bridgehead atoms. The topological polar surface area (TPSA) is 81.3 Å². The second kappa shape index (κ2) is 7.85. The van der Waals surface area contributed by atoms with Gasteiger partial charge in [0.2, 0.25) is 5.78 Å². The van der Waals surface area contributed by atoms with E-state index in [2.05, 4.69) is 0 Å². The zero-order chi connectivity index (χ0) is 20.4. The number of aromatic nitrogens is 1. The lowest BCUT2D eigenvalue weighted by Crippen LogP contribution is -2.34. The molecule has 0 aliphatic carbocycles. The van der Waals surface area contributed by atoms with E-state index in [1.54, 1.807) is 36.4 Å². The second-order valence-corrected chi connectivity index (χ2v) is 7.68. The molecule has 2 aromatic carbocycles. The van der Waals surface area contributed by atoms with Gasteiger partial charge in [0, 0.05) is 34.6 Å². The summed E-state index contributed by atoms with van der Waals surface area (Å²) in [6, 6.07) is 20.8. The van der Waals surface area contributed by atoms with Gasteiger partial charge in [0.15, 0.2) is 16.7 Å². The highest BCUT2D eigenvalue weighted by molar-refractivity contribution is 7.20. The van der Waals surface area contributed by atoms with E-state index in [-0.39, 0.29) is 28.2 Å². The molecule has 0 fully saturated rings. The van der Waals surface area contributed by atoms with E-state index < -0.39 is 11.7 Å². The van der Waals surface area contributed by atoms with Crippen LogP contribution in [0.15, 0.2) is 83.8 Å². The summed E-state index contributed by atoms with van der Waals surface area (Å²) in [6.07, 6.45) is 1.16. The normalized spacial score (nSPS) is 12.0. The number of fused-ring (bicyclic) bond motifs is 1. The molecule has 4 aromatic rings. The first-order valence-electron chi connectivity index (χ1n) is 9.07. The van der Waals surface area contributed by atoms with Crippen molar-refractivity contribution in [1.82, 2.24) is 0 Å². The van der Waals surface area contributed by atoms with Crippen molar-refractivity contribution in [3.63, 3.8) is 0 Å². The van der Waals surface area contributed by atoms with E-state index in [0.717, 1.165) is 16.9 Å². The summed E-state index contributed by atoms with van der Waals surface area (Å²) < 4.78 is 1.20. The van der Waals surface area contributed by atoms with Crippen LogP contribution in [-0.4, -0.2) is 10.9 Å².